The van der Waals surface area contributed by atoms with E-state index in [1.165, 1.54) is 11.3 Å². The molecule has 1 aliphatic heterocycles. The minimum absolute atomic E-state index is 0.411. The summed E-state index contributed by atoms with van der Waals surface area (Å²) in [5, 5.41) is 9.82. The van der Waals surface area contributed by atoms with Crippen molar-refractivity contribution in [3.05, 3.63) is 29.3 Å². The van der Waals surface area contributed by atoms with E-state index in [9.17, 15) is 5.11 Å². The Kier molecular flexibility index (Phi) is 2.93. The Hall–Kier alpha value is -1.06. The Balaban J connectivity index is 2.23. The van der Waals surface area contributed by atoms with Crippen molar-refractivity contribution in [3.63, 3.8) is 0 Å². The number of benzene rings is 1. The van der Waals surface area contributed by atoms with Crippen molar-refractivity contribution in [2.24, 2.45) is 5.73 Å². The average Bonchev–Trinajstić information content (AvgIpc) is 2.60. The largest absolute Gasteiger partial charge is 0.388 e. The predicted octanol–water partition coefficient (Wildman–Crippen LogP) is 1.06. The highest BCUT2D eigenvalue weighted by Crippen LogP contribution is 2.29. The summed E-state index contributed by atoms with van der Waals surface area (Å²) in [5.41, 5.74) is 9.06. The van der Waals surface area contributed by atoms with E-state index in [2.05, 4.69) is 24.1 Å². The molecule has 0 aromatic heterocycles. The summed E-state index contributed by atoms with van der Waals surface area (Å²) >= 11 is 0. The van der Waals surface area contributed by atoms with Crippen LogP contribution in [-0.2, 0) is 6.42 Å². The van der Waals surface area contributed by atoms with E-state index in [0.717, 1.165) is 18.5 Å². The highest BCUT2D eigenvalue weighted by atomic mass is 16.3. The summed E-state index contributed by atoms with van der Waals surface area (Å²) in [5.74, 6) is 0. The zero-order valence-corrected chi connectivity index (χ0v) is 9.11. The van der Waals surface area contributed by atoms with Crippen molar-refractivity contribution in [2.45, 2.75) is 18.9 Å². The van der Waals surface area contributed by atoms with Crippen molar-refractivity contribution in [1.82, 2.24) is 0 Å². The van der Waals surface area contributed by atoms with Crippen LogP contribution in [0.5, 0.6) is 0 Å². The van der Waals surface area contributed by atoms with Gasteiger partial charge in [-0.1, -0.05) is 12.1 Å². The number of aliphatic hydroxyl groups is 1. The summed E-state index contributed by atoms with van der Waals surface area (Å²) in [7, 11) is 2.10. The van der Waals surface area contributed by atoms with Crippen LogP contribution in [0.2, 0.25) is 0 Å². The van der Waals surface area contributed by atoms with Crippen molar-refractivity contribution in [1.29, 1.82) is 0 Å². The zero-order valence-electron chi connectivity index (χ0n) is 9.11. The average molecular weight is 206 g/mol. The number of aliphatic hydroxyl groups excluding tert-OH is 1. The van der Waals surface area contributed by atoms with Gasteiger partial charge in [0.15, 0.2) is 0 Å². The second-order valence-electron chi connectivity index (χ2n) is 4.15. The maximum Gasteiger partial charge on any atom is 0.0802 e. The lowest BCUT2D eigenvalue weighted by Crippen LogP contribution is -2.12. The molecule has 0 aliphatic carbocycles. The smallest absolute Gasteiger partial charge is 0.0802 e. The summed E-state index contributed by atoms with van der Waals surface area (Å²) < 4.78 is 0. The van der Waals surface area contributed by atoms with Crippen LogP contribution in [0, 0.1) is 0 Å². The highest BCUT2D eigenvalue weighted by molar-refractivity contribution is 5.58. The Bertz CT molecular complexity index is 351. The van der Waals surface area contributed by atoms with Gasteiger partial charge < -0.3 is 15.7 Å². The molecule has 0 spiro atoms. The third-order valence-electron chi connectivity index (χ3n) is 3.06. The number of rotatable bonds is 3. The molecule has 1 heterocycles. The lowest BCUT2D eigenvalue weighted by atomic mass is 10.0. The normalized spacial score (nSPS) is 16.6. The van der Waals surface area contributed by atoms with Crippen LogP contribution >= 0.6 is 0 Å². The number of anilines is 1. The fraction of sp³-hybridized carbons (Fsp3) is 0.500. The molecule has 1 atom stereocenters. The lowest BCUT2D eigenvalue weighted by Gasteiger charge is -2.14. The van der Waals surface area contributed by atoms with E-state index in [0.29, 0.717) is 13.0 Å². The van der Waals surface area contributed by atoms with Gasteiger partial charge in [0, 0.05) is 19.3 Å². The molecule has 3 heteroatoms. The van der Waals surface area contributed by atoms with Gasteiger partial charge in [0.25, 0.3) is 0 Å². The van der Waals surface area contributed by atoms with Gasteiger partial charge in [0.1, 0.15) is 0 Å². The predicted molar refractivity (Wildman–Crippen MR) is 62.0 cm³/mol. The van der Waals surface area contributed by atoms with Gasteiger partial charge in [-0.2, -0.15) is 0 Å². The molecule has 0 bridgehead atoms. The van der Waals surface area contributed by atoms with Crippen molar-refractivity contribution in [2.75, 3.05) is 25.0 Å². The molecule has 0 amide bonds. The zero-order chi connectivity index (χ0) is 10.8. The molecule has 3 nitrogen and oxygen atoms in total. The topological polar surface area (TPSA) is 49.5 Å². The molecule has 0 saturated carbocycles. The van der Waals surface area contributed by atoms with Gasteiger partial charge >= 0.3 is 0 Å². The molecule has 1 aliphatic rings. The van der Waals surface area contributed by atoms with Gasteiger partial charge in [-0.15, -0.1) is 0 Å². The Morgan fingerprint density at radius 1 is 1.53 bits per heavy atom. The fourth-order valence-electron chi connectivity index (χ4n) is 2.12. The number of fused-ring (bicyclic) bond motifs is 1. The van der Waals surface area contributed by atoms with Crippen LogP contribution in [0.4, 0.5) is 5.69 Å². The van der Waals surface area contributed by atoms with E-state index in [-0.39, 0.29) is 0 Å². The van der Waals surface area contributed by atoms with E-state index in [4.69, 9.17) is 5.73 Å². The van der Waals surface area contributed by atoms with Crippen LogP contribution < -0.4 is 10.6 Å². The standard InChI is InChI=1S/C12H18N2O/c1-14-7-5-9-8-10(2-3-11(9)14)12(15)4-6-13/h2-3,8,12,15H,4-7,13H2,1H3/t12-/m1/s1. The Morgan fingerprint density at radius 2 is 2.33 bits per heavy atom. The first-order valence-corrected chi connectivity index (χ1v) is 5.44. The molecular weight excluding hydrogens is 188 g/mol. The van der Waals surface area contributed by atoms with Crippen LogP contribution in [0.25, 0.3) is 0 Å². The first-order chi connectivity index (χ1) is 7.22. The number of likely N-dealkylation sites (N-methyl/N-ethyl adjacent to an activating group) is 1. The van der Waals surface area contributed by atoms with E-state index >= 15 is 0 Å². The van der Waals surface area contributed by atoms with Crippen molar-refractivity contribution >= 4 is 5.69 Å². The first-order valence-electron chi connectivity index (χ1n) is 5.44. The molecule has 0 saturated heterocycles. The maximum atomic E-state index is 9.82. The second kappa shape index (κ2) is 4.21. The van der Waals surface area contributed by atoms with E-state index < -0.39 is 6.10 Å². The van der Waals surface area contributed by atoms with Crippen molar-refractivity contribution in [3.8, 4) is 0 Å². The van der Waals surface area contributed by atoms with Crippen LogP contribution in [0.1, 0.15) is 23.7 Å². The monoisotopic (exact) mass is 206 g/mol. The molecule has 82 valence electrons. The van der Waals surface area contributed by atoms with Crippen LogP contribution in [0.3, 0.4) is 0 Å². The number of nitrogens with zero attached hydrogens (tertiary/aromatic N) is 1. The summed E-state index contributed by atoms with van der Waals surface area (Å²) in [6.45, 7) is 1.60. The molecule has 15 heavy (non-hydrogen) atoms. The molecule has 0 unspecified atom stereocenters. The van der Waals surface area contributed by atoms with Gasteiger partial charge in [-0.3, -0.25) is 0 Å². The minimum atomic E-state index is -0.411. The fourth-order valence-corrected chi connectivity index (χ4v) is 2.12. The van der Waals surface area contributed by atoms with Crippen LogP contribution in [0.15, 0.2) is 18.2 Å². The highest BCUT2D eigenvalue weighted by Gasteiger charge is 2.17. The molecule has 2 rings (SSSR count). The SMILES string of the molecule is CN1CCc2cc([C@H](O)CCN)ccc21. The second-order valence-corrected chi connectivity index (χ2v) is 4.15. The molecule has 1 aromatic carbocycles. The minimum Gasteiger partial charge on any atom is -0.388 e. The quantitative estimate of drug-likeness (QED) is 0.777. The number of hydrogen-bond donors (Lipinski definition) is 2. The molecule has 0 radical (unpaired) electrons. The molecule has 3 N–H and O–H groups in total. The van der Waals surface area contributed by atoms with Gasteiger partial charge in [-0.05, 0) is 36.6 Å². The maximum absolute atomic E-state index is 9.82. The molecule has 0 fully saturated rings. The third-order valence-corrected chi connectivity index (χ3v) is 3.06. The third kappa shape index (κ3) is 1.98. The Morgan fingerprint density at radius 3 is 3.07 bits per heavy atom. The van der Waals surface area contributed by atoms with Gasteiger partial charge in [0.05, 0.1) is 6.10 Å². The first kappa shape index (κ1) is 10.5. The number of hydrogen-bond acceptors (Lipinski definition) is 3. The molecule has 1 aromatic rings. The lowest BCUT2D eigenvalue weighted by molar-refractivity contribution is 0.170. The summed E-state index contributed by atoms with van der Waals surface area (Å²) in [6, 6.07) is 6.21. The van der Waals surface area contributed by atoms with E-state index in [1.54, 1.807) is 0 Å². The van der Waals surface area contributed by atoms with Gasteiger partial charge in [0.2, 0.25) is 0 Å². The Labute approximate surface area is 90.5 Å². The van der Waals surface area contributed by atoms with E-state index in [1.807, 2.05) is 6.07 Å². The van der Waals surface area contributed by atoms with Gasteiger partial charge in [-0.25, -0.2) is 0 Å². The van der Waals surface area contributed by atoms with Crippen molar-refractivity contribution < 1.29 is 5.11 Å². The molecular formula is C12H18N2O. The number of nitrogens with two attached hydrogens (primary N) is 1. The van der Waals surface area contributed by atoms with Crippen LogP contribution in [-0.4, -0.2) is 25.2 Å². The summed E-state index contributed by atoms with van der Waals surface area (Å²) in [4.78, 5) is 2.24. The summed E-state index contributed by atoms with van der Waals surface area (Å²) in [6.07, 6.45) is 1.30.